The molecule has 1 saturated heterocycles. The van der Waals surface area contributed by atoms with Crippen LogP contribution < -0.4 is 15.8 Å². The van der Waals surface area contributed by atoms with Gasteiger partial charge in [0.25, 0.3) is 5.56 Å². The molecule has 7 heteroatoms. The molecule has 3 rings (SSSR count). The van der Waals surface area contributed by atoms with Gasteiger partial charge in [0.15, 0.2) is 0 Å². The summed E-state index contributed by atoms with van der Waals surface area (Å²) in [6.45, 7) is 2.79. The first-order valence-corrected chi connectivity index (χ1v) is 9.10. The van der Waals surface area contributed by atoms with E-state index >= 15 is 0 Å². The van der Waals surface area contributed by atoms with Crippen molar-refractivity contribution in [1.29, 1.82) is 0 Å². The Morgan fingerprint density at radius 1 is 1.17 bits per heavy atom. The second kappa shape index (κ2) is 7.79. The molecule has 2 aromatic rings. The van der Waals surface area contributed by atoms with Gasteiger partial charge in [0.05, 0.1) is 11.9 Å². The van der Waals surface area contributed by atoms with E-state index in [1.165, 1.54) is 30.4 Å². The molecule has 1 fully saturated rings. The van der Waals surface area contributed by atoms with Gasteiger partial charge in [0, 0.05) is 32.9 Å². The minimum absolute atomic E-state index is 0.158. The summed E-state index contributed by atoms with van der Waals surface area (Å²) >= 11 is 3.32. The van der Waals surface area contributed by atoms with E-state index in [1.807, 2.05) is 6.20 Å². The fourth-order valence-corrected chi connectivity index (χ4v) is 3.34. The average molecular weight is 392 g/mol. The van der Waals surface area contributed by atoms with Gasteiger partial charge in [-0.1, -0.05) is 18.9 Å². The summed E-state index contributed by atoms with van der Waals surface area (Å²) in [5.41, 5.74) is 1.60. The third kappa shape index (κ3) is 3.95. The third-order valence-corrected chi connectivity index (χ3v) is 5.07. The monoisotopic (exact) mass is 391 g/mol. The molecule has 0 radical (unpaired) electrons. The summed E-state index contributed by atoms with van der Waals surface area (Å²) in [6.07, 6.45) is 8.67. The Kier molecular flexibility index (Phi) is 5.50. The summed E-state index contributed by atoms with van der Waals surface area (Å²) < 4.78 is 1.79. The lowest BCUT2D eigenvalue weighted by Crippen LogP contribution is -2.24. The lowest BCUT2D eigenvalue weighted by atomic mass is 10.2. The van der Waals surface area contributed by atoms with Crippen LogP contribution in [-0.4, -0.2) is 27.9 Å². The fourth-order valence-electron chi connectivity index (χ4n) is 2.84. The van der Waals surface area contributed by atoms with Crippen molar-refractivity contribution < 1.29 is 0 Å². The molecule has 0 aromatic carbocycles. The molecular weight excluding hydrogens is 370 g/mol. The minimum atomic E-state index is -0.158. The second-order valence-electron chi connectivity index (χ2n) is 6.08. The Morgan fingerprint density at radius 2 is 1.92 bits per heavy atom. The number of hydrogen-bond acceptors (Lipinski definition) is 5. The predicted molar refractivity (Wildman–Crippen MR) is 99.4 cm³/mol. The molecule has 128 valence electrons. The van der Waals surface area contributed by atoms with Crippen LogP contribution in [0.1, 0.15) is 31.2 Å². The van der Waals surface area contributed by atoms with Crippen LogP contribution in [0, 0.1) is 0 Å². The van der Waals surface area contributed by atoms with Crippen LogP contribution in [0.4, 0.5) is 11.5 Å². The van der Waals surface area contributed by atoms with E-state index in [9.17, 15) is 4.79 Å². The molecule has 0 aliphatic carbocycles. The van der Waals surface area contributed by atoms with Crippen LogP contribution in [0.15, 0.2) is 33.8 Å². The molecule has 0 saturated carbocycles. The Hall–Kier alpha value is -1.89. The van der Waals surface area contributed by atoms with Crippen molar-refractivity contribution in [2.75, 3.05) is 23.3 Å². The summed E-state index contributed by atoms with van der Waals surface area (Å²) in [4.78, 5) is 18.8. The van der Waals surface area contributed by atoms with Gasteiger partial charge in [-0.15, -0.1) is 0 Å². The number of halogens is 1. The highest BCUT2D eigenvalue weighted by molar-refractivity contribution is 9.10. The molecule has 1 aliphatic heterocycles. The lowest BCUT2D eigenvalue weighted by molar-refractivity contribution is 0.703. The Labute approximate surface area is 150 Å². The van der Waals surface area contributed by atoms with Crippen molar-refractivity contribution in [3.63, 3.8) is 0 Å². The summed E-state index contributed by atoms with van der Waals surface area (Å²) in [5, 5.41) is 7.26. The van der Waals surface area contributed by atoms with Crippen molar-refractivity contribution in [2.24, 2.45) is 7.05 Å². The topological polar surface area (TPSA) is 63.1 Å². The number of aryl methyl sites for hydroxylation is 1. The lowest BCUT2D eigenvalue weighted by Gasteiger charge is -2.21. The number of nitrogens with zero attached hydrogens (tertiary/aromatic N) is 4. The number of anilines is 2. The van der Waals surface area contributed by atoms with Crippen molar-refractivity contribution >= 4 is 27.4 Å². The van der Waals surface area contributed by atoms with Gasteiger partial charge in [-0.3, -0.25) is 4.79 Å². The molecule has 0 spiro atoms. The van der Waals surface area contributed by atoms with E-state index in [-0.39, 0.29) is 5.56 Å². The van der Waals surface area contributed by atoms with Gasteiger partial charge in [0.2, 0.25) is 0 Å². The third-order valence-electron chi connectivity index (χ3n) is 4.30. The maximum absolute atomic E-state index is 11.8. The summed E-state index contributed by atoms with van der Waals surface area (Å²) in [6, 6.07) is 4.17. The highest BCUT2D eigenvalue weighted by atomic mass is 79.9. The maximum atomic E-state index is 11.8. The van der Waals surface area contributed by atoms with E-state index in [4.69, 9.17) is 0 Å². The van der Waals surface area contributed by atoms with Crippen LogP contribution in [-0.2, 0) is 13.6 Å². The predicted octanol–water partition coefficient (Wildman–Crippen LogP) is 2.93. The smallest absolute Gasteiger partial charge is 0.282 e. The van der Waals surface area contributed by atoms with Crippen LogP contribution in [0.25, 0.3) is 0 Å². The first-order chi connectivity index (χ1) is 11.6. The van der Waals surface area contributed by atoms with Gasteiger partial charge in [-0.05, 0) is 40.4 Å². The Morgan fingerprint density at radius 3 is 2.58 bits per heavy atom. The van der Waals surface area contributed by atoms with E-state index in [0.717, 1.165) is 24.5 Å². The standard InChI is InChI=1S/C17H22BrN5O/c1-22-17(24)16(18)14(12-21-22)19-10-13-6-7-15(20-11-13)23-8-4-2-3-5-9-23/h6-7,11-12,19H,2-5,8-10H2,1H3. The van der Waals surface area contributed by atoms with Crippen molar-refractivity contribution in [3.8, 4) is 0 Å². The fraction of sp³-hybridized carbons (Fsp3) is 0.471. The van der Waals surface area contributed by atoms with Crippen LogP contribution in [0.2, 0.25) is 0 Å². The highest BCUT2D eigenvalue weighted by Gasteiger charge is 2.11. The van der Waals surface area contributed by atoms with Crippen molar-refractivity contribution in [2.45, 2.75) is 32.2 Å². The van der Waals surface area contributed by atoms with Crippen molar-refractivity contribution in [3.05, 3.63) is 44.9 Å². The molecule has 0 amide bonds. The van der Waals surface area contributed by atoms with E-state index in [1.54, 1.807) is 13.2 Å². The molecule has 2 aromatic heterocycles. The number of hydrogen-bond donors (Lipinski definition) is 1. The number of nitrogens with one attached hydrogen (secondary N) is 1. The quantitative estimate of drug-likeness (QED) is 0.867. The Balaban J connectivity index is 1.64. The molecule has 0 unspecified atom stereocenters. The second-order valence-corrected chi connectivity index (χ2v) is 6.87. The zero-order valence-electron chi connectivity index (χ0n) is 13.8. The van der Waals surface area contributed by atoms with E-state index in [0.29, 0.717) is 16.7 Å². The highest BCUT2D eigenvalue weighted by Crippen LogP contribution is 2.19. The van der Waals surface area contributed by atoms with Gasteiger partial charge in [-0.2, -0.15) is 5.10 Å². The van der Waals surface area contributed by atoms with E-state index < -0.39 is 0 Å². The SMILES string of the molecule is Cn1ncc(NCc2ccc(N3CCCCCC3)nc2)c(Br)c1=O. The molecule has 24 heavy (non-hydrogen) atoms. The molecule has 1 N–H and O–H groups in total. The van der Waals surface area contributed by atoms with E-state index in [2.05, 4.69) is 48.4 Å². The molecule has 0 bridgehead atoms. The molecule has 1 aliphatic rings. The van der Waals surface area contributed by atoms with Crippen LogP contribution in [0.3, 0.4) is 0 Å². The molecule has 6 nitrogen and oxygen atoms in total. The number of pyridine rings is 1. The van der Waals surface area contributed by atoms with Gasteiger partial charge < -0.3 is 10.2 Å². The van der Waals surface area contributed by atoms with Crippen LogP contribution >= 0.6 is 15.9 Å². The summed E-state index contributed by atoms with van der Waals surface area (Å²) in [5.74, 6) is 1.05. The summed E-state index contributed by atoms with van der Waals surface area (Å²) in [7, 11) is 1.63. The number of rotatable bonds is 4. The minimum Gasteiger partial charge on any atom is -0.379 e. The maximum Gasteiger partial charge on any atom is 0.282 e. The first-order valence-electron chi connectivity index (χ1n) is 8.31. The molecule has 3 heterocycles. The van der Waals surface area contributed by atoms with Gasteiger partial charge >= 0.3 is 0 Å². The zero-order valence-corrected chi connectivity index (χ0v) is 15.4. The molecular formula is C17H22BrN5O. The first kappa shape index (κ1) is 17.0. The van der Waals surface area contributed by atoms with Crippen molar-refractivity contribution in [1.82, 2.24) is 14.8 Å². The van der Waals surface area contributed by atoms with Gasteiger partial charge in [-0.25, -0.2) is 9.67 Å². The van der Waals surface area contributed by atoms with Gasteiger partial charge in [0.1, 0.15) is 10.3 Å². The number of aromatic nitrogens is 3. The zero-order chi connectivity index (χ0) is 16.9. The average Bonchev–Trinajstić information content (AvgIpc) is 2.89. The largest absolute Gasteiger partial charge is 0.379 e. The molecule has 0 atom stereocenters. The normalized spacial score (nSPS) is 15.2. The Bertz CT molecular complexity index is 736. The van der Waals surface area contributed by atoms with Crippen LogP contribution in [0.5, 0.6) is 0 Å².